The van der Waals surface area contributed by atoms with Gasteiger partial charge in [-0.25, -0.2) is 4.98 Å². The van der Waals surface area contributed by atoms with Gasteiger partial charge in [0.25, 0.3) is 5.69 Å². The topological polar surface area (TPSA) is 88.4 Å². The number of aromatic nitrogens is 1. The Balaban J connectivity index is 1.64. The quantitative estimate of drug-likeness (QED) is 0.672. The van der Waals surface area contributed by atoms with Crippen molar-refractivity contribution >= 4 is 28.1 Å². The van der Waals surface area contributed by atoms with E-state index in [0.717, 1.165) is 24.9 Å². The van der Waals surface area contributed by atoms with E-state index in [4.69, 9.17) is 0 Å². The summed E-state index contributed by atoms with van der Waals surface area (Å²) in [5.41, 5.74) is 1.04. The molecule has 1 aliphatic heterocycles. The molecule has 1 aromatic heterocycles. The number of anilines is 1. The highest BCUT2D eigenvalue weighted by Crippen LogP contribution is 2.23. The Kier molecular flexibility index (Phi) is 4.63. The summed E-state index contributed by atoms with van der Waals surface area (Å²) in [5, 5.41) is 16.0. The van der Waals surface area contributed by atoms with Gasteiger partial charge in [0.05, 0.1) is 11.0 Å². The highest BCUT2D eigenvalue weighted by molar-refractivity contribution is 7.13. The number of hydrogen-bond donors (Lipinski definition) is 1. The van der Waals surface area contributed by atoms with Crippen molar-refractivity contribution in [2.24, 2.45) is 0 Å². The van der Waals surface area contributed by atoms with Crippen molar-refractivity contribution in [2.45, 2.75) is 25.4 Å². The summed E-state index contributed by atoms with van der Waals surface area (Å²) in [6.45, 7) is 1.45. The highest BCUT2D eigenvalue weighted by Gasteiger charge is 2.31. The third kappa shape index (κ3) is 3.72. The van der Waals surface area contributed by atoms with Crippen LogP contribution in [0.4, 0.5) is 10.8 Å². The van der Waals surface area contributed by atoms with Gasteiger partial charge in [-0.1, -0.05) is 12.1 Å². The number of likely N-dealkylation sites (tertiary alicyclic amines) is 1. The molecule has 2 heterocycles. The lowest BCUT2D eigenvalue weighted by molar-refractivity contribution is -0.384. The van der Waals surface area contributed by atoms with E-state index in [1.807, 2.05) is 5.38 Å². The molecule has 0 radical (unpaired) electrons. The minimum Gasteiger partial charge on any atom is -0.301 e. The second kappa shape index (κ2) is 6.84. The maximum Gasteiger partial charge on any atom is 0.269 e. The number of nitrogens with zero attached hydrogens (tertiary/aromatic N) is 3. The lowest BCUT2D eigenvalue weighted by Gasteiger charge is -2.23. The van der Waals surface area contributed by atoms with Crippen LogP contribution in [0, 0.1) is 10.1 Å². The van der Waals surface area contributed by atoms with Crippen molar-refractivity contribution in [1.29, 1.82) is 0 Å². The molecule has 8 heteroatoms. The number of nitro benzene ring substituents is 1. The van der Waals surface area contributed by atoms with E-state index < -0.39 is 4.92 Å². The van der Waals surface area contributed by atoms with Crippen LogP contribution in [0.1, 0.15) is 18.4 Å². The van der Waals surface area contributed by atoms with Crippen molar-refractivity contribution in [1.82, 2.24) is 9.88 Å². The van der Waals surface area contributed by atoms with Crippen molar-refractivity contribution in [3.05, 3.63) is 51.5 Å². The van der Waals surface area contributed by atoms with Crippen LogP contribution in [-0.2, 0) is 11.3 Å². The second-order valence-corrected chi connectivity index (χ2v) is 6.27. The Labute approximate surface area is 137 Å². The largest absolute Gasteiger partial charge is 0.301 e. The smallest absolute Gasteiger partial charge is 0.269 e. The molecule has 7 nitrogen and oxygen atoms in total. The first kappa shape index (κ1) is 15.6. The molecule has 0 spiro atoms. The molecule has 1 saturated heterocycles. The van der Waals surface area contributed by atoms with Crippen LogP contribution in [-0.4, -0.2) is 33.3 Å². The zero-order valence-electron chi connectivity index (χ0n) is 12.3. The van der Waals surface area contributed by atoms with Crippen LogP contribution in [0.5, 0.6) is 0 Å². The van der Waals surface area contributed by atoms with Gasteiger partial charge in [0.15, 0.2) is 5.13 Å². The number of thiazole rings is 1. The van der Waals surface area contributed by atoms with E-state index >= 15 is 0 Å². The normalized spacial score (nSPS) is 18.0. The van der Waals surface area contributed by atoms with E-state index in [-0.39, 0.29) is 17.6 Å². The average Bonchev–Trinajstić information content (AvgIpc) is 3.19. The minimum absolute atomic E-state index is 0.0423. The molecule has 1 aromatic carbocycles. The van der Waals surface area contributed by atoms with Crippen molar-refractivity contribution in [3.63, 3.8) is 0 Å². The number of nitro groups is 1. The Morgan fingerprint density at radius 2 is 2.22 bits per heavy atom. The van der Waals surface area contributed by atoms with Crippen LogP contribution in [0.3, 0.4) is 0 Å². The van der Waals surface area contributed by atoms with Gasteiger partial charge < -0.3 is 5.32 Å². The minimum atomic E-state index is -0.413. The molecule has 120 valence electrons. The molecule has 0 bridgehead atoms. The lowest BCUT2D eigenvalue weighted by atomic mass is 10.1. The molecule has 1 atom stereocenters. The van der Waals surface area contributed by atoms with Crippen molar-refractivity contribution in [3.8, 4) is 0 Å². The molecular weight excluding hydrogens is 316 g/mol. The van der Waals surface area contributed by atoms with Crippen molar-refractivity contribution < 1.29 is 9.72 Å². The molecule has 1 N–H and O–H groups in total. The molecule has 0 unspecified atom stereocenters. The maximum atomic E-state index is 12.4. The fourth-order valence-electron chi connectivity index (χ4n) is 2.74. The summed E-state index contributed by atoms with van der Waals surface area (Å²) >= 11 is 1.39. The number of benzene rings is 1. The SMILES string of the molecule is O=C(Nc1nccs1)[C@@H]1CCCN1Cc1ccc([N+](=O)[O-])cc1. The van der Waals surface area contributed by atoms with Crippen molar-refractivity contribution in [2.75, 3.05) is 11.9 Å². The Morgan fingerprint density at radius 3 is 2.87 bits per heavy atom. The Bertz CT molecular complexity index is 687. The van der Waals surface area contributed by atoms with Crippen LogP contribution in [0.25, 0.3) is 0 Å². The standard InChI is InChI=1S/C15H16N4O3S/c20-14(17-15-16-7-9-23-15)13-2-1-8-18(13)10-11-3-5-12(6-4-11)19(21)22/h3-7,9,13H,1-2,8,10H2,(H,16,17,20)/t13-/m0/s1. The van der Waals surface area contributed by atoms with E-state index in [2.05, 4.69) is 15.2 Å². The number of rotatable bonds is 5. The van der Waals surface area contributed by atoms with Gasteiger partial charge in [-0.05, 0) is 24.9 Å². The summed E-state index contributed by atoms with van der Waals surface area (Å²) in [6.07, 6.45) is 3.43. The fraction of sp³-hybridized carbons (Fsp3) is 0.333. The monoisotopic (exact) mass is 332 g/mol. The molecule has 1 fully saturated rings. The van der Waals surface area contributed by atoms with Crippen LogP contribution < -0.4 is 5.32 Å². The van der Waals surface area contributed by atoms with Crippen LogP contribution >= 0.6 is 11.3 Å². The summed E-state index contributed by atoms with van der Waals surface area (Å²) < 4.78 is 0. The maximum absolute atomic E-state index is 12.4. The summed E-state index contributed by atoms with van der Waals surface area (Å²) in [7, 11) is 0. The van der Waals surface area contributed by atoms with E-state index in [0.29, 0.717) is 11.7 Å². The highest BCUT2D eigenvalue weighted by atomic mass is 32.1. The Morgan fingerprint density at radius 1 is 1.43 bits per heavy atom. The van der Waals surface area contributed by atoms with Crippen LogP contribution in [0.2, 0.25) is 0 Å². The predicted molar refractivity (Wildman–Crippen MR) is 87.3 cm³/mol. The summed E-state index contributed by atoms with van der Waals surface area (Å²) in [5.74, 6) is -0.0423. The predicted octanol–water partition coefficient (Wildman–Crippen LogP) is 2.65. The van der Waals surface area contributed by atoms with Gasteiger partial charge in [0.2, 0.25) is 5.91 Å². The number of carbonyl (C=O) groups excluding carboxylic acids is 1. The molecule has 0 saturated carbocycles. The first-order valence-corrected chi connectivity index (χ1v) is 8.19. The number of hydrogen-bond acceptors (Lipinski definition) is 6. The zero-order chi connectivity index (χ0) is 16.2. The first-order chi connectivity index (χ1) is 11.1. The second-order valence-electron chi connectivity index (χ2n) is 5.38. The third-order valence-corrected chi connectivity index (χ3v) is 4.55. The third-order valence-electron chi connectivity index (χ3n) is 3.86. The number of non-ortho nitro benzene ring substituents is 1. The number of nitrogens with one attached hydrogen (secondary N) is 1. The van der Waals surface area contributed by atoms with Gasteiger partial charge in [0, 0.05) is 30.3 Å². The van der Waals surface area contributed by atoms with Gasteiger partial charge >= 0.3 is 0 Å². The first-order valence-electron chi connectivity index (χ1n) is 7.31. The van der Waals surface area contributed by atoms with Gasteiger partial charge in [-0.2, -0.15) is 0 Å². The molecule has 1 amide bonds. The molecule has 23 heavy (non-hydrogen) atoms. The summed E-state index contributed by atoms with van der Waals surface area (Å²) in [4.78, 5) is 28.8. The van der Waals surface area contributed by atoms with E-state index in [1.165, 1.54) is 23.5 Å². The van der Waals surface area contributed by atoms with E-state index in [1.54, 1.807) is 18.3 Å². The molecule has 1 aliphatic rings. The molecule has 0 aliphatic carbocycles. The van der Waals surface area contributed by atoms with Gasteiger partial charge in [-0.3, -0.25) is 19.8 Å². The molecule has 3 rings (SSSR count). The van der Waals surface area contributed by atoms with E-state index in [9.17, 15) is 14.9 Å². The van der Waals surface area contributed by atoms with Crippen LogP contribution in [0.15, 0.2) is 35.8 Å². The number of carbonyl (C=O) groups is 1. The summed E-state index contributed by atoms with van der Waals surface area (Å²) in [6, 6.07) is 6.29. The van der Waals surface area contributed by atoms with Gasteiger partial charge in [-0.15, -0.1) is 11.3 Å². The van der Waals surface area contributed by atoms with Gasteiger partial charge in [0.1, 0.15) is 0 Å². The number of amides is 1. The average molecular weight is 332 g/mol. The fourth-order valence-corrected chi connectivity index (χ4v) is 3.28. The Hall–Kier alpha value is -2.32. The lowest BCUT2D eigenvalue weighted by Crippen LogP contribution is -2.39. The zero-order valence-corrected chi connectivity index (χ0v) is 13.2. The molecule has 2 aromatic rings. The molecular formula is C15H16N4O3S.